The van der Waals surface area contributed by atoms with Gasteiger partial charge in [0.15, 0.2) is 0 Å². The number of carbonyl (C=O) groups is 2. The predicted octanol–water partition coefficient (Wildman–Crippen LogP) is 6.89. The van der Waals surface area contributed by atoms with E-state index in [0.29, 0.717) is 35.4 Å². The molecule has 0 amide bonds. The highest BCUT2D eigenvalue weighted by molar-refractivity contribution is 5.79. The SMILES string of the molecule is CC(=O)[C@H]1CC[C@H]2[C@@H]3CC[C@H]4C[C@H](OC(=O)CCC5CC=CC5)CC[C@]4(C)[C@H]3CC[C@]12C. The summed E-state index contributed by atoms with van der Waals surface area (Å²) in [6.45, 7) is 6.84. The van der Waals surface area contributed by atoms with E-state index in [2.05, 4.69) is 26.0 Å². The standard InChI is InChI=1S/C29H44O3/c1-19(30)24-11-12-25-23-10-9-21-18-22(32-27(31)13-8-20-6-4-5-7-20)14-16-28(21,2)26(23)15-17-29(24,25)3/h4-5,20-26H,6-18H2,1-3H3/t21-,22+,23-,24+,25-,26-,28-,29+/m0/s1. The summed E-state index contributed by atoms with van der Waals surface area (Å²) in [4.78, 5) is 24.9. The van der Waals surface area contributed by atoms with Crippen molar-refractivity contribution in [3.05, 3.63) is 12.2 Å². The number of Topliss-reactive ketones (excluding diaryl/α,β-unsaturated/α-hetero) is 1. The Morgan fingerprint density at radius 3 is 2.38 bits per heavy atom. The minimum Gasteiger partial charge on any atom is -0.462 e. The number of ketones is 1. The third kappa shape index (κ3) is 3.80. The average molecular weight is 441 g/mol. The lowest BCUT2D eigenvalue weighted by atomic mass is 9.44. The van der Waals surface area contributed by atoms with Gasteiger partial charge in [-0.15, -0.1) is 0 Å². The molecule has 0 heterocycles. The molecule has 3 nitrogen and oxygen atoms in total. The van der Waals surface area contributed by atoms with Gasteiger partial charge in [0.25, 0.3) is 0 Å². The lowest BCUT2D eigenvalue weighted by molar-refractivity contribution is -0.163. The molecule has 0 bridgehead atoms. The zero-order valence-corrected chi connectivity index (χ0v) is 20.6. The van der Waals surface area contributed by atoms with Crippen molar-refractivity contribution in [1.82, 2.24) is 0 Å². The topological polar surface area (TPSA) is 43.4 Å². The second kappa shape index (κ2) is 8.58. The van der Waals surface area contributed by atoms with E-state index in [1.165, 1.54) is 38.5 Å². The van der Waals surface area contributed by atoms with Crippen molar-refractivity contribution in [1.29, 1.82) is 0 Å². The van der Waals surface area contributed by atoms with Crippen molar-refractivity contribution >= 4 is 11.8 Å². The zero-order chi connectivity index (χ0) is 22.5. The van der Waals surface area contributed by atoms with Gasteiger partial charge in [-0.25, -0.2) is 0 Å². The van der Waals surface area contributed by atoms with Crippen molar-refractivity contribution < 1.29 is 14.3 Å². The van der Waals surface area contributed by atoms with Gasteiger partial charge < -0.3 is 4.74 Å². The van der Waals surface area contributed by atoms with Crippen molar-refractivity contribution in [3.8, 4) is 0 Å². The van der Waals surface area contributed by atoms with Crippen LogP contribution in [0.1, 0.15) is 104 Å². The number of esters is 1. The highest BCUT2D eigenvalue weighted by atomic mass is 16.5. The molecule has 0 spiro atoms. The summed E-state index contributed by atoms with van der Waals surface area (Å²) in [5.74, 6) is 4.47. The number of allylic oxidation sites excluding steroid dienone is 2. The Labute approximate surface area is 195 Å². The largest absolute Gasteiger partial charge is 0.462 e. The van der Waals surface area contributed by atoms with E-state index in [0.717, 1.165) is 56.3 Å². The smallest absolute Gasteiger partial charge is 0.306 e. The predicted molar refractivity (Wildman–Crippen MR) is 127 cm³/mol. The van der Waals surface area contributed by atoms with E-state index in [-0.39, 0.29) is 17.5 Å². The first kappa shape index (κ1) is 22.7. The first-order valence-electron chi connectivity index (χ1n) is 13.7. The molecule has 0 aromatic carbocycles. The van der Waals surface area contributed by atoms with Crippen LogP contribution in [0.25, 0.3) is 0 Å². The van der Waals surface area contributed by atoms with Gasteiger partial charge in [0.2, 0.25) is 0 Å². The van der Waals surface area contributed by atoms with Crippen LogP contribution in [0.3, 0.4) is 0 Å². The molecule has 5 aliphatic rings. The molecule has 4 saturated carbocycles. The van der Waals surface area contributed by atoms with Crippen LogP contribution in [-0.2, 0) is 14.3 Å². The highest BCUT2D eigenvalue weighted by Crippen LogP contribution is 2.67. The number of hydrogen-bond acceptors (Lipinski definition) is 3. The fourth-order valence-electron chi connectivity index (χ4n) is 9.47. The molecule has 0 aliphatic heterocycles. The van der Waals surface area contributed by atoms with Gasteiger partial charge in [0.1, 0.15) is 11.9 Å². The quantitative estimate of drug-likeness (QED) is 0.345. The summed E-state index contributed by atoms with van der Waals surface area (Å²) in [5.41, 5.74) is 0.648. The van der Waals surface area contributed by atoms with Gasteiger partial charge in [-0.3, -0.25) is 9.59 Å². The number of fused-ring (bicyclic) bond motifs is 5. The average Bonchev–Trinajstić information content (AvgIpc) is 3.39. The molecule has 178 valence electrons. The van der Waals surface area contributed by atoms with Gasteiger partial charge in [0, 0.05) is 12.3 Å². The summed E-state index contributed by atoms with van der Waals surface area (Å²) < 4.78 is 6.01. The monoisotopic (exact) mass is 440 g/mol. The molecule has 0 saturated heterocycles. The molecule has 0 unspecified atom stereocenters. The Balaban J connectivity index is 1.19. The fraction of sp³-hybridized carbons (Fsp3) is 0.862. The molecule has 8 atom stereocenters. The molecule has 32 heavy (non-hydrogen) atoms. The van der Waals surface area contributed by atoms with Crippen LogP contribution in [0.2, 0.25) is 0 Å². The Hall–Kier alpha value is -1.12. The van der Waals surface area contributed by atoms with Crippen LogP contribution in [0.4, 0.5) is 0 Å². The molecule has 5 rings (SSSR count). The minimum atomic E-state index is 0.0360. The Morgan fingerprint density at radius 2 is 1.62 bits per heavy atom. The maximum absolute atomic E-state index is 12.5. The van der Waals surface area contributed by atoms with E-state index in [9.17, 15) is 9.59 Å². The second-order valence-electron chi connectivity index (χ2n) is 12.7. The van der Waals surface area contributed by atoms with Crippen LogP contribution in [0, 0.1) is 46.3 Å². The fourth-order valence-corrected chi connectivity index (χ4v) is 9.47. The lowest BCUT2D eigenvalue weighted by Crippen LogP contribution is -2.54. The van der Waals surface area contributed by atoms with Gasteiger partial charge in [0.05, 0.1) is 0 Å². The van der Waals surface area contributed by atoms with Gasteiger partial charge in [-0.1, -0.05) is 26.0 Å². The summed E-state index contributed by atoms with van der Waals surface area (Å²) in [5, 5.41) is 0. The van der Waals surface area contributed by atoms with E-state index < -0.39 is 0 Å². The normalized spacial score (nSPS) is 45.7. The number of carbonyl (C=O) groups excluding carboxylic acids is 2. The van der Waals surface area contributed by atoms with Crippen LogP contribution in [0.5, 0.6) is 0 Å². The molecule has 0 radical (unpaired) electrons. The second-order valence-corrected chi connectivity index (χ2v) is 12.7. The van der Waals surface area contributed by atoms with Crippen molar-refractivity contribution in [3.63, 3.8) is 0 Å². The number of rotatable bonds is 5. The van der Waals surface area contributed by atoms with Gasteiger partial charge in [-0.2, -0.15) is 0 Å². The van der Waals surface area contributed by atoms with Crippen LogP contribution in [0.15, 0.2) is 12.2 Å². The van der Waals surface area contributed by atoms with Crippen molar-refractivity contribution in [2.75, 3.05) is 0 Å². The van der Waals surface area contributed by atoms with Crippen LogP contribution in [-0.4, -0.2) is 17.9 Å². The highest BCUT2D eigenvalue weighted by Gasteiger charge is 2.60. The van der Waals surface area contributed by atoms with Crippen LogP contribution >= 0.6 is 0 Å². The van der Waals surface area contributed by atoms with Gasteiger partial charge in [-0.05, 0) is 124 Å². The summed E-state index contributed by atoms with van der Waals surface area (Å²) in [7, 11) is 0. The molecule has 3 heteroatoms. The third-order valence-electron chi connectivity index (χ3n) is 11.3. The van der Waals surface area contributed by atoms with E-state index in [1.807, 2.05) is 6.92 Å². The zero-order valence-electron chi connectivity index (χ0n) is 20.6. The first-order chi connectivity index (χ1) is 15.3. The molecular formula is C29H44O3. The molecular weight excluding hydrogens is 396 g/mol. The number of hydrogen-bond donors (Lipinski definition) is 0. The Kier molecular flexibility index (Phi) is 6.08. The molecule has 4 fully saturated rings. The van der Waals surface area contributed by atoms with E-state index >= 15 is 0 Å². The Morgan fingerprint density at radius 1 is 0.906 bits per heavy atom. The van der Waals surface area contributed by atoms with E-state index in [4.69, 9.17) is 4.74 Å². The minimum absolute atomic E-state index is 0.0360. The summed E-state index contributed by atoms with van der Waals surface area (Å²) >= 11 is 0. The van der Waals surface area contributed by atoms with Crippen molar-refractivity contribution in [2.45, 2.75) is 110 Å². The third-order valence-corrected chi connectivity index (χ3v) is 11.3. The summed E-state index contributed by atoms with van der Waals surface area (Å²) in [6, 6.07) is 0. The maximum atomic E-state index is 12.5. The Bertz CT molecular complexity index is 762. The molecule has 0 N–H and O–H groups in total. The van der Waals surface area contributed by atoms with E-state index in [1.54, 1.807) is 0 Å². The van der Waals surface area contributed by atoms with Crippen LogP contribution < -0.4 is 0 Å². The van der Waals surface area contributed by atoms with Crippen molar-refractivity contribution in [2.24, 2.45) is 46.3 Å². The first-order valence-corrected chi connectivity index (χ1v) is 13.7. The van der Waals surface area contributed by atoms with Gasteiger partial charge >= 0.3 is 5.97 Å². The summed E-state index contributed by atoms with van der Waals surface area (Å²) in [6.07, 6.45) is 19.3. The number of ether oxygens (including phenoxy) is 1. The molecule has 5 aliphatic carbocycles. The lowest BCUT2D eigenvalue weighted by Gasteiger charge is -2.61. The maximum Gasteiger partial charge on any atom is 0.306 e. The molecule has 0 aromatic rings. The molecule has 0 aromatic heterocycles.